The summed E-state index contributed by atoms with van der Waals surface area (Å²) in [7, 11) is 0. The minimum Gasteiger partial charge on any atom is -0.352 e. The van der Waals surface area contributed by atoms with Crippen LogP contribution in [0.2, 0.25) is 5.15 Å². The molecule has 5 heteroatoms. The molecule has 3 nitrogen and oxygen atoms in total. The van der Waals surface area contributed by atoms with Crippen LogP contribution < -0.4 is 4.90 Å². The van der Waals surface area contributed by atoms with Gasteiger partial charge in [-0.3, -0.25) is 0 Å². The highest BCUT2D eigenvalue weighted by Crippen LogP contribution is 2.29. The van der Waals surface area contributed by atoms with Gasteiger partial charge in [0.15, 0.2) is 0 Å². The van der Waals surface area contributed by atoms with Crippen molar-refractivity contribution in [2.45, 2.75) is 19.9 Å². The van der Waals surface area contributed by atoms with E-state index in [1.54, 1.807) is 0 Å². The summed E-state index contributed by atoms with van der Waals surface area (Å²) in [4.78, 5) is 10.8. The van der Waals surface area contributed by atoms with Crippen LogP contribution in [-0.4, -0.2) is 16.5 Å². The molecule has 0 unspecified atom stereocenters. The van der Waals surface area contributed by atoms with E-state index in [1.165, 1.54) is 11.1 Å². The van der Waals surface area contributed by atoms with Crippen LogP contribution in [0.3, 0.4) is 0 Å². The smallest absolute Gasteiger partial charge is 0.134 e. The Morgan fingerprint density at radius 2 is 2.16 bits per heavy atom. The fourth-order valence-electron chi connectivity index (χ4n) is 2.41. The molecule has 19 heavy (non-hydrogen) atoms. The Kier molecular flexibility index (Phi) is 3.46. The topological polar surface area (TPSA) is 29.0 Å². The van der Waals surface area contributed by atoms with Gasteiger partial charge in [0.25, 0.3) is 0 Å². The predicted molar refractivity (Wildman–Crippen MR) is 80.7 cm³/mol. The van der Waals surface area contributed by atoms with Gasteiger partial charge in [0.05, 0.1) is 0 Å². The fourth-order valence-corrected chi connectivity index (χ4v) is 3.17. The quantitative estimate of drug-likeness (QED) is 0.741. The molecule has 0 saturated carbocycles. The third-order valence-electron chi connectivity index (χ3n) is 3.33. The normalized spacial score (nSPS) is 14.4. The second kappa shape index (κ2) is 5.10. The zero-order chi connectivity index (χ0) is 13.4. The van der Waals surface area contributed by atoms with Crippen molar-refractivity contribution in [3.05, 3.63) is 50.8 Å². The van der Waals surface area contributed by atoms with Crippen LogP contribution in [0.4, 0.5) is 5.82 Å². The molecular weight excluding hydrogens is 326 g/mol. The highest BCUT2D eigenvalue weighted by molar-refractivity contribution is 9.10. The molecule has 0 N–H and O–H groups in total. The number of hydrogen-bond acceptors (Lipinski definition) is 3. The number of nitrogens with zero attached hydrogens (tertiary/aromatic N) is 3. The standard InChI is InChI=1S/C14H13BrClN3/c1-9-17-13(16)7-14(18-9)19-6-5-10-3-2-4-12(15)11(10)8-19/h2-4,7H,5-6,8H2,1H3. The third kappa shape index (κ3) is 2.60. The van der Waals surface area contributed by atoms with E-state index >= 15 is 0 Å². The van der Waals surface area contributed by atoms with Crippen molar-refractivity contribution >= 4 is 33.3 Å². The van der Waals surface area contributed by atoms with Crippen LogP contribution in [0.25, 0.3) is 0 Å². The van der Waals surface area contributed by atoms with E-state index in [4.69, 9.17) is 11.6 Å². The lowest BCUT2D eigenvalue weighted by Gasteiger charge is -2.30. The molecule has 0 amide bonds. The Bertz CT molecular complexity index is 610. The molecule has 3 rings (SSSR count). The Labute approximate surface area is 125 Å². The second-order valence-corrected chi connectivity index (χ2v) is 5.89. The summed E-state index contributed by atoms with van der Waals surface area (Å²) in [6, 6.07) is 8.19. The van der Waals surface area contributed by atoms with Crippen LogP contribution in [0.1, 0.15) is 17.0 Å². The average Bonchev–Trinajstić information content (AvgIpc) is 2.38. The molecule has 0 aliphatic carbocycles. The summed E-state index contributed by atoms with van der Waals surface area (Å²) < 4.78 is 1.16. The zero-order valence-electron chi connectivity index (χ0n) is 10.5. The number of benzene rings is 1. The van der Waals surface area contributed by atoms with Gasteiger partial charge in [-0.1, -0.05) is 39.7 Å². The lowest BCUT2D eigenvalue weighted by atomic mass is 10.00. The lowest BCUT2D eigenvalue weighted by molar-refractivity contribution is 0.714. The summed E-state index contributed by atoms with van der Waals surface area (Å²) in [6.07, 6.45) is 1.02. The molecule has 1 aromatic heterocycles. The van der Waals surface area contributed by atoms with Crippen molar-refractivity contribution in [2.75, 3.05) is 11.4 Å². The Balaban J connectivity index is 1.95. The molecule has 1 aromatic carbocycles. The first-order valence-corrected chi connectivity index (χ1v) is 7.33. The van der Waals surface area contributed by atoms with Gasteiger partial charge in [-0.05, 0) is 30.5 Å². The van der Waals surface area contributed by atoms with Crippen molar-refractivity contribution in [3.63, 3.8) is 0 Å². The lowest BCUT2D eigenvalue weighted by Crippen LogP contribution is -2.31. The van der Waals surface area contributed by atoms with Crippen LogP contribution in [0, 0.1) is 6.92 Å². The Morgan fingerprint density at radius 1 is 1.32 bits per heavy atom. The van der Waals surface area contributed by atoms with Gasteiger partial charge in [-0.25, -0.2) is 9.97 Å². The van der Waals surface area contributed by atoms with Gasteiger partial charge in [0, 0.05) is 23.6 Å². The fraction of sp³-hybridized carbons (Fsp3) is 0.286. The second-order valence-electron chi connectivity index (χ2n) is 4.65. The van der Waals surface area contributed by atoms with Gasteiger partial charge in [-0.15, -0.1) is 0 Å². The Hall–Kier alpha value is -1.13. The molecule has 0 atom stereocenters. The Morgan fingerprint density at radius 3 is 2.95 bits per heavy atom. The molecule has 0 spiro atoms. The van der Waals surface area contributed by atoms with Gasteiger partial charge in [-0.2, -0.15) is 0 Å². The van der Waals surface area contributed by atoms with E-state index in [0.717, 1.165) is 29.8 Å². The number of halogens is 2. The van der Waals surface area contributed by atoms with Gasteiger partial charge >= 0.3 is 0 Å². The molecule has 0 fully saturated rings. The van der Waals surface area contributed by atoms with Gasteiger partial charge in [0.1, 0.15) is 16.8 Å². The van der Waals surface area contributed by atoms with Crippen LogP contribution in [0.5, 0.6) is 0 Å². The first-order chi connectivity index (χ1) is 9.13. The van der Waals surface area contributed by atoms with Crippen molar-refractivity contribution in [2.24, 2.45) is 0 Å². The molecule has 0 radical (unpaired) electrons. The maximum absolute atomic E-state index is 6.01. The number of hydrogen-bond donors (Lipinski definition) is 0. The monoisotopic (exact) mass is 337 g/mol. The van der Waals surface area contributed by atoms with Crippen molar-refractivity contribution < 1.29 is 0 Å². The number of fused-ring (bicyclic) bond motifs is 1. The van der Waals surface area contributed by atoms with Crippen molar-refractivity contribution in [1.82, 2.24) is 9.97 Å². The maximum atomic E-state index is 6.01. The third-order valence-corrected chi connectivity index (χ3v) is 4.27. The molecule has 0 bridgehead atoms. The van der Waals surface area contributed by atoms with E-state index in [1.807, 2.05) is 13.0 Å². The number of aromatic nitrogens is 2. The zero-order valence-corrected chi connectivity index (χ0v) is 12.9. The summed E-state index contributed by atoms with van der Waals surface area (Å²) in [6.45, 7) is 3.67. The molecule has 2 heterocycles. The number of anilines is 1. The predicted octanol–water partition coefficient (Wildman–Crippen LogP) is 3.76. The summed E-state index contributed by atoms with van der Waals surface area (Å²) in [5, 5.41) is 0.500. The largest absolute Gasteiger partial charge is 0.352 e. The average molecular weight is 339 g/mol. The van der Waals surface area contributed by atoms with E-state index in [0.29, 0.717) is 11.0 Å². The molecule has 1 aliphatic rings. The minimum absolute atomic E-state index is 0.500. The first-order valence-electron chi connectivity index (χ1n) is 6.16. The molecule has 0 saturated heterocycles. The molecule has 2 aromatic rings. The van der Waals surface area contributed by atoms with E-state index < -0.39 is 0 Å². The van der Waals surface area contributed by atoms with E-state index in [9.17, 15) is 0 Å². The molecule has 1 aliphatic heterocycles. The maximum Gasteiger partial charge on any atom is 0.134 e. The highest BCUT2D eigenvalue weighted by atomic mass is 79.9. The van der Waals surface area contributed by atoms with Gasteiger partial charge in [0.2, 0.25) is 0 Å². The first kappa shape index (κ1) is 12.9. The summed E-state index contributed by atoms with van der Waals surface area (Å²) in [5.41, 5.74) is 2.74. The molecular formula is C14H13BrClN3. The number of rotatable bonds is 1. The van der Waals surface area contributed by atoms with E-state index in [-0.39, 0.29) is 0 Å². The number of aryl methyl sites for hydroxylation is 1. The van der Waals surface area contributed by atoms with Crippen molar-refractivity contribution in [3.8, 4) is 0 Å². The summed E-state index contributed by atoms with van der Waals surface area (Å²) >= 11 is 9.64. The highest BCUT2D eigenvalue weighted by Gasteiger charge is 2.19. The minimum atomic E-state index is 0.500. The van der Waals surface area contributed by atoms with Crippen molar-refractivity contribution in [1.29, 1.82) is 0 Å². The SMILES string of the molecule is Cc1nc(Cl)cc(N2CCc3cccc(Br)c3C2)n1. The summed E-state index contributed by atoms with van der Waals surface area (Å²) in [5.74, 6) is 1.61. The van der Waals surface area contributed by atoms with E-state index in [2.05, 4.69) is 49.0 Å². The van der Waals surface area contributed by atoms with Crippen LogP contribution in [0.15, 0.2) is 28.7 Å². The molecule has 98 valence electrons. The van der Waals surface area contributed by atoms with Gasteiger partial charge < -0.3 is 4.90 Å². The van der Waals surface area contributed by atoms with Crippen LogP contribution >= 0.6 is 27.5 Å². The van der Waals surface area contributed by atoms with Crippen LogP contribution in [-0.2, 0) is 13.0 Å².